The average molecular weight is 735 g/mol. The average Bonchev–Trinajstić information content (AvgIpc) is 2.93. The van der Waals surface area contributed by atoms with E-state index in [4.69, 9.17) is 9.47 Å². The van der Waals surface area contributed by atoms with Gasteiger partial charge in [0.2, 0.25) is 0 Å². The molecule has 6 atom stereocenters. The molecule has 0 saturated carbocycles. The van der Waals surface area contributed by atoms with Crippen molar-refractivity contribution in [3.63, 3.8) is 0 Å². The second kappa shape index (κ2) is 25.2. The second-order valence-corrected chi connectivity index (χ2v) is 22.5. The quantitative estimate of drug-likeness (QED) is 0.0623. The fraction of sp³-hybridized carbons (Fsp3) is 0.958. The van der Waals surface area contributed by atoms with E-state index in [-0.39, 0.29) is 34.6 Å². The predicted molar refractivity (Wildman–Crippen MR) is 226 cm³/mol. The van der Waals surface area contributed by atoms with Crippen LogP contribution in [0.1, 0.15) is 226 Å². The van der Waals surface area contributed by atoms with Gasteiger partial charge in [-0.1, -0.05) is 162 Å². The Morgan fingerprint density at radius 1 is 0.385 bits per heavy atom. The maximum atomic E-state index is 13.2. The first-order valence-electron chi connectivity index (χ1n) is 22.1. The molecule has 0 bridgehead atoms. The summed E-state index contributed by atoms with van der Waals surface area (Å²) in [5.41, 5.74) is 1.07. The van der Waals surface area contributed by atoms with E-state index in [2.05, 4.69) is 111 Å². The first-order chi connectivity index (χ1) is 23.8. The monoisotopic (exact) mass is 735 g/mol. The van der Waals surface area contributed by atoms with Gasteiger partial charge in [-0.3, -0.25) is 9.59 Å². The van der Waals surface area contributed by atoms with Crippen molar-refractivity contribution in [3.05, 3.63) is 0 Å². The summed E-state index contributed by atoms with van der Waals surface area (Å²) in [6.45, 7) is 37.8. The molecule has 0 heterocycles. The van der Waals surface area contributed by atoms with Crippen molar-refractivity contribution >= 4 is 11.9 Å². The number of hydrogen-bond donors (Lipinski definition) is 0. The lowest BCUT2D eigenvalue weighted by Crippen LogP contribution is -2.28. The Morgan fingerprint density at radius 3 is 0.885 bits per heavy atom. The summed E-state index contributed by atoms with van der Waals surface area (Å²) < 4.78 is 11.8. The zero-order valence-electron chi connectivity index (χ0n) is 38.2. The van der Waals surface area contributed by atoms with Gasteiger partial charge in [-0.15, -0.1) is 0 Å². The van der Waals surface area contributed by atoms with Gasteiger partial charge < -0.3 is 9.47 Å². The van der Waals surface area contributed by atoms with Crippen LogP contribution in [0.5, 0.6) is 0 Å². The molecule has 4 heteroatoms. The van der Waals surface area contributed by atoms with Crippen molar-refractivity contribution in [2.75, 3.05) is 13.2 Å². The number of ether oxygens (including phenoxy) is 2. The van der Waals surface area contributed by atoms with Crippen molar-refractivity contribution in [1.82, 2.24) is 0 Å². The number of esters is 2. The summed E-state index contributed by atoms with van der Waals surface area (Å²) >= 11 is 0. The van der Waals surface area contributed by atoms with Crippen LogP contribution >= 0.6 is 0 Å². The summed E-state index contributed by atoms with van der Waals surface area (Å²) in [6, 6.07) is 0. The Balaban J connectivity index is 4.33. The first-order valence-corrected chi connectivity index (χ1v) is 22.1. The molecule has 310 valence electrons. The highest BCUT2D eigenvalue weighted by molar-refractivity contribution is 5.73. The van der Waals surface area contributed by atoms with E-state index in [1.807, 2.05) is 0 Å². The SMILES string of the molecule is CC(CCC(C(=O)OCCCCCCCCCCCCOC(=O)C(CCC(C)CC(C)(C)C)C(C)CC(C)(C)C)C(C)CC(C)(C)C)CC(C)(C)C. The number of carbonyl (C=O) groups is 2. The van der Waals surface area contributed by atoms with Gasteiger partial charge in [0.15, 0.2) is 0 Å². The molecule has 0 aromatic carbocycles. The Kier molecular flexibility index (Phi) is 24.7. The minimum absolute atomic E-state index is 0.00462. The van der Waals surface area contributed by atoms with Crippen LogP contribution in [0.2, 0.25) is 0 Å². The summed E-state index contributed by atoms with van der Waals surface area (Å²) in [6.07, 6.45) is 20.2. The van der Waals surface area contributed by atoms with E-state index in [1.165, 1.54) is 51.4 Å². The van der Waals surface area contributed by atoms with Gasteiger partial charge in [0.05, 0.1) is 25.0 Å². The van der Waals surface area contributed by atoms with Crippen LogP contribution in [-0.4, -0.2) is 25.2 Å². The molecule has 0 amide bonds. The molecule has 4 nitrogen and oxygen atoms in total. The minimum Gasteiger partial charge on any atom is -0.465 e. The lowest BCUT2D eigenvalue weighted by Gasteiger charge is -2.30. The van der Waals surface area contributed by atoms with Crippen LogP contribution in [0.4, 0.5) is 0 Å². The molecular weight excluding hydrogens is 641 g/mol. The standard InChI is InChI=1S/C48H94O4/c1-37(33-45(5,6)7)27-29-41(39(3)35-47(11,12)13)43(49)51-31-25-23-21-19-17-18-20-22-24-26-32-52-44(50)42(40(4)36-48(14,15)16)30-28-38(2)34-46(8,9)10/h37-42H,17-36H2,1-16H3. The maximum absolute atomic E-state index is 13.2. The predicted octanol–water partition coefficient (Wildman–Crippen LogP) is 15.1. The zero-order valence-corrected chi connectivity index (χ0v) is 38.2. The van der Waals surface area contributed by atoms with Crippen LogP contribution in [-0.2, 0) is 19.1 Å². The van der Waals surface area contributed by atoms with Crippen LogP contribution in [0.25, 0.3) is 0 Å². The molecule has 0 aromatic heterocycles. The molecule has 0 fully saturated rings. The minimum atomic E-state index is 0.00462. The largest absolute Gasteiger partial charge is 0.465 e. The fourth-order valence-corrected chi connectivity index (χ4v) is 8.89. The van der Waals surface area contributed by atoms with Gasteiger partial charge in [-0.25, -0.2) is 0 Å². The van der Waals surface area contributed by atoms with Crippen molar-refractivity contribution in [1.29, 1.82) is 0 Å². The van der Waals surface area contributed by atoms with Crippen LogP contribution in [0.3, 0.4) is 0 Å². The second-order valence-electron chi connectivity index (χ2n) is 22.5. The van der Waals surface area contributed by atoms with Crippen LogP contribution in [0, 0.1) is 57.2 Å². The summed E-state index contributed by atoms with van der Waals surface area (Å²) in [5, 5.41) is 0. The van der Waals surface area contributed by atoms with E-state index in [0.717, 1.165) is 64.2 Å². The van der Waals surface area contributed by atoms with E-state index in [1.54, 1.807) is 0 Å². The van der Waals surface area contributed by atoms with Crippen molar-refractivity contribution < 1.29 is 19.1 Å². The van der Waals surface area contributed by atoms with Crippen LogP contribution < -0.4 is 0 Å². The highest BCUT2D eigenvalue weighted by Crippen LogP contribution is 2.36. The molecule has 0 aliphatic carbocycles. The van der Waals surface area contributed by atoms with Crippen molar-refractivity contribution in [3.8, 4) is 0 Å². The lowest BCUT2D eigenvalue weighted by atomic mass is 9.76. The fourth-order valence-electron chi connectivity index (χ4n) is 8.89. The lowest BCUT2D eigenvalue weighted by molar-refractivity contribution is -0.152. The smallest absolute Gasteiger partial charge is 0.309 e. The molecule has 52 heavy (non-hydrogen) atoms. The highest BCUT2D eigenvalue weighted by atomic mass is 16.5. The molecule has 0 N–H and O–H groups in total. The summed E-state index contributed by atoms with van der Waals surface area (Å²) in [5.74, 6) is 1.99. The van der Waals surface area contributed by atoms with Crippen molar-refractivity contribution in [2.24, 2.45) is 57.2 Å². The van der Waals surface area contributed by atoms with E-state index in [9.17, 15) is 9.59 Å². The van der Waals surface area contributed by atoms with Gasteiger partial charge in [0.1, 0.15) is 0 Å². The maximum Gasteiger partial charge on any atom is 0.309 e. The van der Waals surface area contributed by atoms with Crippen LogP contribution in [0.15, 0.2) is 0 Å². The van der Waals surface area contributed by atoms with E-state index < -0.39 is 0 Å². The van der Waals surface area contributed by atoms with Gasteiger partial charge >= 0.3 is 11.9 Å². The molecule has 0 saturated heterocycles. The molecule has 0 aromatic rings. The Labute approximate surface area is 326 Å². The number of rotatable bonds is 27. The third-order valence-electron chi connectivity index (χ3n) is 10.7. The molecule has 0 spiro atoms. The number of carbonyl (C=O) groups excluding carboxylic acids is 2. The molecule has 0 rings (SSSR count). The van der Waals surface area contributed by atoms with E-state index >= 15 is 0 Å². The Morgan fingerprint density at radius 2 is 0.635 bits per heavy atom. The normalized spacial score (nSPS) is 16.5. The number of unbranched alkanes of at least 4 members (excludes halogenated alkanes) is 9. The molecule has 6 unspecified atom stereocenters. The topological polar surface area (TPSA) is 52.6 Å². The van der Waals surface area contributed by atoms with Gasteiger partial charge in [0, 0.05) is 0 Å². The van der Waals surface area contributed by atoms with Gasteiger partial charge in [0.25, 0.3) is 0 Å². The molecular formula is C48H94O4. The molecule has 0 aliphatic rings. The zero-order chi connectivity index (χ0) is 40.2. The van der Waals surface area contributed by atoms with Gasteiger partial charge in [-0.2, -0.15) is 0 Å². The van der Waals surface area contributed by atoms with Crippen molar-refractivity contribution in [2.45, 2.75) is 226 Å². The van der Waals surface area contributed by atoms with E-state index in [0.29, 0.717) is 47.7 Å². The third kappa shape index (κ3) is 29.3. The molecule has 0 aliphatic heterocycles. The first kappa shape index (κ1) is 50.9. The number of hydrogen-bond acceptors (Lipinski definition) is 4. The Hall–Kier alpha value is -1.06. The summed E-state index contributed by atoms with van der Waals surface area (Å²) in [4.78, 5) is 26.5. The third-order valence-corrected chi connectivity index (χ3v) is 10.7. The Bertz CT molecular complexity index is 848. The summed E-state index contributed by atoms with van der Waals surface area (Å²) in [7, 11) is 0. The van der Waals surface area contributed by atoms with Gasteiger partial charge in [-0.05, 0) is 110 Å². The molecule has 0 radical (unpaired) electrons. The highest BCUT2D eigenvalue weighted by Gasteiger charge is 2.32.